The lowest BCUT2D eigenvalue weighted by atomic mass is 10.2. The second kappa shape index (κ2) is 3.05. The lowest BCUT2D eigenvalue weighted by Crippen LogP contribution is -1.97. The number of imidazole rings is 1. The number of hydrogen-bond acceptors (Lipinski definition) is 1. The predicted octanol–water partition coefficient (Wildman–Crippen LogP) is 2.89. The molecule has 0 amide bonds. The highest BCUT2D eigenvalue weighted by atomic mass is 19.1. The number of fused-ring (bicyclic) bond motifs is 1. The molecule has 0 unspecified atom stereocenters. The number of hydrogen-bond donors (Lipinski definition) is 0. The average molecular weight is 204 g/mol. The molecule has 15 heavy (non-hydrogen) atoms. The van der Waals surface area contributed by atoms with Crippen molar-refractivity contribution >= 4 is 11.0 Å². The Labute approximate surface area is 87.7 Å². The minimum atomic E-state index is -0.167. The Morgan fingerprint density at radius 2 is 2.27 bits per heavy atom. The van der Waals surface area contributed by atoms with Crippen molar-refractivity contribution in [2.24, 2.45) is 5.92 Å². The van der Waals surface area contributed by atoms with Crippen molar-refractivity contribution in [3.8, 4) is 0 Å². The summed E-state index contributed by atoms with van der Waals surface area (Å²) in [5, 5.41) is 0. The largest absolute Gasteiger partial charge is 0.330 e. The summed E-state index contributed by atoms with van der Waals surface area (Å²) >= 11 is 0. The fourth-order valence-electron chi connectivity index (χ4n) is 1.97. The number of aryl methyl sites for hydroxylation is 1. The summed E-state index contributed by atoms with van der Waals surface area (Å²) in [6.07, 6.45) is 4.47. The van der Waals surface area contributed by atoms with Crippen LogP contribution in [0.4, 0.5) is 4.39 Å². The van der Waals surface area contributed by atoms with Gasteiger partial charge in [-0.15, -0.1) is 0 Å². The highest BCUT2D eigenvalue weighted by Crippen LogP contribution is 2.32. The molecule has 0 bridgehead atoms. The van der Waals surface area contributed by atoms with Gasteiger partial charge in [0, 0.05) is 12.1 Å². The molecule has 2 nitrogen and oxygen atoms in total. The van der Waals surface area contributed by atoms with E-state index in [9.17, 15) is 4.39 Å². The maximum Gasteiger partial charge on any atom is 0.128 e. The Hall–Kier alpha value is -1.38. The van der Waals surface area contributed by atoms with E-state index in [0.717, 1.165) is 23.5 Å². The molecule has 1 aromatic carbocycles. The Bertz CT molecular complexity index is 512. The van der Waals surface area contributed by atoms with Gasteiger partial charge < -0.3 is 4.57 Å². The van der Waals surface area contributed by atoms with Crippen LogP contribution in [0.2, 0.25) is 0 Å². The number of nitrogens with zero attached hydrogens (tertiary/aromatic N) is 2. The molecule has 0 aliphatic heterocycles. The standard InChI is InChI=1S/C12H13FN2/c1-8-10(13)4-5-11-12(8)14-7-15(11)6-9-2-3-9/h4-5,7,9H,2-3,6H2,1H3. The first-order valence-electron chi connectivity index (χ1n) is 5.35. The van der Waals surface area contributed by atoms with Gasteiger partial charge in [-0.2, -0.15) is 0 Å². The van der Waals surface area contributed by atoms with E-state index in [2.05, 4.69) is 9.55 Å². The smallest absolute Gasteiger partial charge is 0.128 e. The molecule has 1 heterocycles. The molecule has 1 fully saturated rings. The van der Waals surface area contributed by atoms with E-state index in [4.69, 9.17) is 0 Å². The average Bonchev–Trinajstić information content (AvgIpc) is 2.93. The molecule has 1 saturated carbocycles. The van der Waals surface area contributed by atoms with Gasteiger partial charge in [-0.1, -0.05) is 0 Å². The van der Waals surface area contributed by atoms with E-state index >= 15 is 0 Å². The predicted molar refractivity (Wildman–Crippen MR) is 57.2 cm³/mol. The van der Waals surface area contributed by atoms with Gasteiger partial charge in [0.1, 0.15) is 5.82 Å². The maximum absolute atomic E-state index is 13.3. The van der Waals surface area contributed by atoms with Crippen molar-refractivity contribution in [2.75, 3.05) is 0 Å². The number of aromatic nitrogens is 2. The first kappa shape index (κ1) is 8.89. The highest BCUT2D eigenvalue weighted by molar-refractivity contribution is 5.78. The third-order valence-corrected chi connectivity index (χ3v) is 3.13. The van der Waals surface area contributed by atoms with E-state index < -0.39 is 0 Å². The quantitative estimate of drug-likeness (QED) is 0.735. The van der Waals surface area contributed by atoms with Crippen molar-refractivity contribution in [2.45, 2.75) is 26.3 Å². The molecule has 3 heteroatoms. The Kier molecular flexibility index (Phi) is 1.81. The fourth-order valence-corrected chi connectivity index (χ4v) is 1.97. The zero-order valence-electron chi connectivity index (χ0n) is 8.70. The summed E-state index contributed by atoms with van der Waals surface area (Å²) in [6, 6.07) is 3.36. The van der Waals surface area contributed by atoms with E-state index in [0.29, 0.717) is 5.56 Å². The maximum atomic E-state index is 13.3. The van der Waals surface area contributed by atoms with Crippen LogP contribution in [0.15, 0.2) is 18.5 Å². The lowest BCUT2D eigenvalue weighted by molar-refractivity contribution is 0.619. The van der Waals surface area contributed by atoms with Gasteiger partial charge >= 0.3 is 0 Å². The SMILES string of the molecule is Cc1c(F)ccc2c1ncn2CC1CC1. The van der Waals surface area contributed by atoms with Crippen LogP contribution >= 0.6 is 0 Å². The third-order valence-electron chi connectivity index (χ3n) is 3.13. The van der Waals surface area contributed by atoms with Gasteiger partial charge in [0.25, 0.3) is 0 Å². The van der Waals surface area contributed by atoms with Gasteiger partial charge in [-0.05, 0) is 37.8 Å². The molecular weight excluding hydrogens is 191 g/mol. The zero-order valence-corrected chi connectivity index (χ0v) is 8.70. The molecule has 0 N–H and O–H groups in total. The summed E-state index contributed by atoms with van der Waals surface area (Å²) in [5.41, 5.74) is 2.51. The number of benzene rings is 1. The molecule has 3 rings (SSSR count). The highest BCUT2D eigenvalue weighted by Gasteiger charge is 2.22. The second-order valence-electron chi connectivity index (χ2n) is 4.38. The second-order valence-corrected chi connectivity index (χ2v) is 4.38. The lowest BCUT2D eigenvalue weighted by Gasteiger charge is -2.03. The molecule has 0 radical (unpaired) electrons. The van der Waals surface area contributed by atoms with Crippen molar-refractivity contribution in [1.29, 1.82) is 0 Å². The third kappa shape index (κ3) is 1.42. The van der Waals surface area contributed by atoms with E-state index in [1.807, 2.05) is 12.4 Å². The number of halogens is 1. The number of rotatable bonds is 2. The minimum Gasteiger partial charge on any atom is -0.330 e. The van der Waals surface area contributed by atoms with Crippen LogP contribution in [-0.4, -0.2) is 9.55 Å². The van der Waals surface area contributed by atoms with Crippen LogP contribution in [0.3, 0.4) is 0 Å². The summed E-state index contributed by atoms with van der Waals surface area (Å²) in [4.78, 5) is 4.28. The topological polar surface area (TPSA) is 17.8 Å². The summed E-state index contributed by atoms with van der Waals surface area (Å²) < 4.78 is 15.4. The van der Waals surface area contributed by atoms with Crippen LogP contribution in [0.25, 0.3) is 11.0 Å². The van der Waals surface area contributed by atoms with Gasteiger partial charge in [0.05, 0.1) is 17.4 Å². The Balaban J connectivity index is 2.12. The van der Waals surface area contributed by atoms with Crippen LogP contribution in [0, 0.1) is 18.7 Å². The van der Waals surface area contributed by atoms with Crippen LogP contribution in [0.5, 0.6) is 0 Å². The van der Waals surface area contributed by atoms with Gasteiger partial charge in [0.2, 0.25) is 0 Å². The molecule has 1 aliphatic rings. The van der Waals surface area contributed by atoms with Crippen LogP contribution in [0.1, 0.15) is 18.4 Å². The molecule has 0 spiro atoms. The molecule has 78 valence electrons. The molecule has 0 saturated heterocycles. The van der Waals surface area contributed by atoms with Crippen molar-refractivity contribution in [1.82, 2.24) is 9.55 Å². The minimum absolute atomic E-state index is 0.167. The van der Waals surface area contributed by atoms with Crippen molar-refractivity contribution < 1.29 is 4.39 Å². The van der Waals surface area contributed by atoms with Crippen molar-refractivity contribution in [3.05, 3.63) is 29.8 Å². The van der Waals surface area contributed by atoms with Gasteiger partial charge in [-0.25, -0.2) is 9.37 Å². The van der Waals surface area contributed by atoms with Crippen LogP contribution < -0.4 is 0 Å². The molecule has 2 aromatic rings. The normalized spacial score (nSPS) is 16.1. The summed E-state index contributed by atoms with van der Waals surface area (Å²) in [7, 11) is 0. The van der Waals surface area contributed by atoms with E-state index in [1.54, 1.807) is 6.92 Å². The molecule has 1 aliphatic carbocycles. The van der Waals surface area contributed by atoms with Gasteiger partial charge in [-0.3, -0.25) is 0 Å². The summed E-state index contributed by atoms with van der Waals surface area (Å²) in [5.74, 6) is 0.645. The molecule has 0 atom stereocenters. The van der Waals surface area contributed by atoms with E-state index in [-0.39, 0.29) is 5.82 Å². The molecular formula is C12H13FN2. The zero-order chi connectivity index (χ0) is 10.4. The first-order chi connectivity index (χ1) is 7.25. The Morgan fingerprint density at radius 1 is 1.47 bits per heavy atom. The van der Waals surface area contributed by atoms with E-state index in [1.165, 1.54) is 18.9 Å². The molecule has 1 aromatic heterocycles. The van der Waals surface area contributed by atoms with Gasteiger partial charge in [0.15, 0.2) is 0 Å². The first-order valence-corrected chi connectivity index (χ1v) is 5.35. The monoisotopic (exact) mass is 204 g/mol. The fraction of sp³-hybridized carbons (Fsp3) is 0.417. The van der Waals surface area contributed by atoms with Crippen LogP contribution in [-0.2, 0) is 6.54 Å². The Morgan fingerprint density at radius 3 is 3.00 bits per heavy atom. The van der Waals surface area contributed by atoms with Crippen molar-refractivity contribution in [3.63, 3.8) is 0 Å². The summed E-state index contributed by atoms with van der Waals surface area (Å²) in [6.45, 7) is 2.81.